The zero-order valence-electron chi connectivity index (χ0n) is 23.9. The Balaban J connectivity index is 0.00000924. The number of carbonyl (C=O) groups is 4. The number of aromatic hydroxyl groups is 2. The largest absolute Gasteiger partial charge is 0.508 e. The molecular formula is C28H39BrN4O8S2. The molecule has 0 fully saturated rings. The molecule has 238 valence electrons. The van der Waals surface area contributed by atoms with E-state index in [0.717, 1.165) is 0 Å². The summed E-state index contributed by atoms with van der Waals surface area (Å²) in [6, 6.07) is 8.66. The number of carbonyl (C=O) groups excluding carboxylic acids is 4. The number of halogens is 1. The predicted octanol–water partition coefficient (Wildman–Crippen LogP) is 1.59. The van der Waals surface area contributed by atoms with Crippen molar-refractivity contribution in [2.75, 3.05) is 24.7 Å². The highest BCUT2D eigenvalue weighted by Gasteiger charge is 2.27. The highest BCUT2D eigenvalue weighted by Crippen LogP contribution is 2.22. The van der Waals surface area contributed by atoms with Crippen LogP contribution in [0.3, 0.4) is 0 Å². The monoisotopic (exact) mass is 702 g/mol. The van der Waals surface area contributed by atoms with Gasteiger partial charge in [-0.05, 0) is 49.2 Å². The van der Waals surface area contributed by atoms with Crippen LogP contribution < -0.4 is 22.1 Å². The summed E-state index contributed by atoms with van der Waals surface area (Å²) in [6.45, 7) is 3.61. The number of benzene rings is 2. The Kier molecular flexibility index (Phi) is 17.8. The van der Waals surface area contributed by atoms with Crippen molar-refractivity contribution in [2.24, 2.45) is 11.5 Å². The number of hydrogen-bond donors (Lipinski definition) is 6. The minimum absolute atomic E-state index is 0. The molecular weight excluding hydrogens is 664 g/mol. The van der Waals surface area contributed by atoms with Crippen LogP contribution in [0.2, 0.25) is 0 Å². The maximum atomic E-state index is 12.7. The lowest BCUT2D eigenvalue weighted by molar-refractivity contribution is -0.147. The standard InChI is InChI=1S/C28H38N4O8S2.BrH/c1-3-39-27(37)23(13-17-5-9-19(33)10-6-17)31-25(35)21(29)15-41-42-16-22(30)26(36)32-24(28(38)40-4-2)14-18-7-11-20(34)12-8-18;/h5-12,21-24,33-34H,3-4,13-16,29-30H2,1-2H3,(H,31,35)(H,32,36);1H. The van der Waals surface area contributed by atoms with E-state index >= 15 is 0 Å². The van der Waals surface area contributed by atoms with Gasteiger partial charge in [0.15, 0.2) is 0 Å². The number of nitrogens with two attached hydrogens (primary N) is 2. The Hall–Kier alpha value is -2.98. The SMILES string of the molecule is Br.CCOC(=O)C(Cc1ccc(O)cc1)NC(=O)C(N)CSSCC(N)C(=O)NC(Cc1ccc(O)cc1)C(=O)OCC. The first kappa shape index (κ1) is 38.0. The molecule has 0 radical (unpaired) electrons. The van der Waals surface area contributed by atoms with Gasteiger partial charge in [0.05, 0.1) is 25.3 Å². The fourth-order valence-electron chi connectivity index (χ4n) is 3.56. The van der Waals surface area contributed by atoms with Crippen molar-refractivity contribution in [1.82, 2.24) is 10.6 Å². The minimum atomic E-state index is -0.961. The molecule has 4 unspecified atom stereocenters. The van der Waals surface area contributed by atoms with E-state index < -0.39 is 47.9 Å². The number of nitrogens with one attached hydrogen (secondary N) is 2. The lowest BCUT2D eigenvalue weighted by atomic mass is 10.1. The second-order valence-electron chi connectivity index (χ2n) is 9.15. The highest BCUT2D eigenvalue weighted by atomic mass is 79.9. The molecule has 0 aliphatic heterocycles. The Morgan fingerprint density at radius 2 is 1.02 bits per heavy atom. The van der Waals surface area contributed by atoms with E-state index in [4.69, 9.17) is 20.9 Å². The van der Waals surface area contributed by atoms with Gasteiger partial charge in [0.25, 0.3) is 0 Å². The van der Waals surface area contributed by atoms with Crippen molar-refractivity contribution in [3.63, 3.8) is 0 Å². The molecule has 0 saturated heterocycles. The molecule has 2 aromatic rings. The quantitative estimate of drug-likeness (QED) is 0.0791. The van der Waals surface area contributed by atoms with Crippen molar-refractivity contribution < 1.29 is 38.9 Å². The molecule has 43 heavy (non-hydrogen) atoms. The van der Waals surface area contributed by atoms with Crippen molar-refractivity contribution in [2.45, 2.75) is 50.9 Å². The molecule has 2 aromatic carbocycles. The van der Waals surface area contributed by atoms with Gasteiger partial charge in [0.2, 0.25) is 11.8 Å². The first-order valence-electron chi connectivity index (χ1n) is 13.3. The number of esters is 2. The van der Waals surface area contributed by atoms with E-state index in [1.807, 2.05) is 0 Å². The number of rotatable bonds is 17. The maximum absolute atomic E-state index is 12.7. The van der Waals surface area contributed by atoms with Crippen molar-refractivity contribution in [3.8, 4) is 11.5 Å². The average Bonchev–Trinajstić information content (AvgIpc) is 2.96. The van der Waals surface area contributed by atoms with Crippen LogP contribution in [-0.2, 0) is 41.5 Å². The highest BCUT2D eigenvalue weighted by molar-refractivity contribution is 8.93. The Labute approximate surface area is 269 Å². The number of amides is 2. The Morgan fingerprint density at radius 1 is 0.698 bits per heavy atom. The molecule has 2 rings (SSSR count). The third-order valence-electron chi connectivity index (χ3n) is 5.78. The molecule has 15 heteroatoms. The van der Waals surface area contributed by atoms with Gasteiger partial charge < -0.3 is 41.8 Å². The van der Waals surface area contributed by atoms with Gasteiger partial charge >= 0.3 is 11.9 Å². The smallest absolute Gasteiger partial charge is 0.328 e. The van der Waals surface area contributed by atoms with Gasteiger partial charge in [-0.15, -0.1) is 17.0 Å². The average molecular weight is 704 g/mol. The summed E-state index contributed by atoms with van der Waals surface area (Å²) in [5.41, 5.74) is 13.5. The zero-order chi connectivity index (χ0) is 31.1. The van der Waals surface area contributed by atoms with Gasteiger partial charge in [-0.2, -0.15) is 0 Å². The van der Waals surface area contributed by atoms with Crippen LogP contribution in [0.25, 0.3) is 0 Å². The summed E-state index contributed by atoms with van der Waals surface area (Å²) in [5, 5.41) is 24.2. The van der Waals surface area contributed by atoms with Crippen LogP contribution in [0.4, 0.5) is 0 Å². The zero-order valence-corrected chi connectivity index (χ0v) is 27.2. The molecule has 8 N–H and O–H groups in total. The summed E-state index contributed by atoms with van der Waals surface area (Å²) in [6.07, 6.45) is 0.311. The number of phenolic OH excluding ortho intramolecular Hbond substituents is 2. The lowest BCUT2D eigenvalue weighted by Crippen LogP contribution is -2.51. The van der Waals surface area contributed by atoms with Gasteiger partial charge in [-0.3, -0.25) is 9.59 Å². The molecule has 0 saturated carbocycles. The molecule has 0 aliphatic carbocycles. The number of ether oxygens (including phenoxy) is 2. The number of phenols is 2. The summed E-state index contributed by atoms with van der Waals surface area (Å²) in [5.74, 6) is -1.79. The maximum Gasteiger partial charge on any atom is 0.328 e. The van der Waals surface area contributed by atoms with Gasteiger partial charge in [0.1, 0.15) is 23.6 Å². The Bertz CT molecular complexity index is 1080. The molecule has 0 aliphatic rings. The van der Waals surface area contributed by atoms with E-state index in [0.29, 0.717) is 11.1 Å². The molecule has 4 atom stereocenters. The molecule has 0 spiro atoms. The molecule has 2 amide bonds. The van der Waals surface area contributed by atoms with Crippen LogP contribution in [0.5, 0.6) is 11.5 Å². The summed E-state index contributed by atoms with van der Waals surface area (Å²) in [4.78, 5) is 50.2. The molecule has 0 aromatic heterocycles. The van der Waals surface area contributed by atoms with Crippen molar-refractivity contribution in [3.05, 3.63) is 59.7 Å². The molecule has 12 nitrogen and oxygen atoms in total. The van der Waals surface area contributed by atoms with Crippen molar-refractivity contribution >= 4 is 62.3 Å². The molecule has 0 bridgehead atoms. The normalized spacial score (nSPS) is 13.4. The van der Waals surface area contributed by atoms with Crippen LogP contribution in [0.1, 0.15) is 25.0 Å². The van der Waals surface area contributed by atoms with Crippen LogP contribution in [0.15, 0.2) is 48.5 Å². The first-order valence-corrected chi connectivity index (χ1v) is 15.8. The minimum Gasteiger partial charge on any atom is -0.508 e. The first-order chi connectivity index (χ1) is 20.0. The fourth-order valence-corrected chi connectivity index (χ4v) is 5.80. The van der Waals surface area contributed by atoms with Gasteiger partial charge in [-0.25, -0.2) is 9.59 Å². The lowest BCUT2D eigenvalue weighted by Gasteiger charge is -2.20. The van der Waals surface area contributed by atoms with Crippen LogP contribution in [-0.4, -0.2) is 82.9 Å². The summed E-state index contributed by atoms with van der Waals surface area (Å²) in [7, 11) is 2.47. The van der Waals surface area contributed by atoms with E-state index in [2.05, 4.69) is 10.6 Å². The van der Waals surface area contributed by atoms with Gasteiger partial charge in [-0.1, -0.05) is 45.9 Å². The molecule has 0 heterocycles. The third-order valence-corrected chi connectivity index (χ3v) is 8.25. The van der Waals surface area contributed by atoms with Gasteiger partial charge in [0, 0.05) is 24.3 Å². The fraction of sp³-hybridized carbons (Fsp3) is 0.429. The van der Waals surface area contributed by atoms with E-state index in [-0.39, 0.29) is 66.0 Å². The van der Waals surface area contributed by atoms with E-state index in [1.54, 1.807) is 38.1 Å². The summed E-state index contributed by atoms with van der Waals surface area (Å²) >= 11 is 0. The Morgan fingerprint density at radius 3 is 1.33 bits per heavy atom. The topological polar surface area (TPSA) is 203 Å². The van der Waals surface area contributed by atoms with Crippen LogP contribution >= 0.6 is 38.6 Å². The summed E-state index contributed by atoms with van der Waals surface area (Å²) < 4.78 is 10.2. The van der Waals surface area contributed by atoms with Crippen molar-refractivity contribution in [1.29, 1.82) is 0 Å². The number of hydrogen-bond acceptors (Lipinski definition) is 12. The second kappa shape index (κ2) is 20.1. The second-order valence-corrected chi connectivity index (χ2v) is 11.7. The predicted molar refractivity (Wildman–Crippen MR) is 172 cm³/mol. The van der Waals surface area contributed by atoms with Crippen LogP contribution in [0, 0.1) is 0 Å². The van der Waals surface area contributed by atoms with E-state index in [1.165, 1.54) is 45.9 Å². The van der Waals surface area contributed by atoms with E-state index in [9.17, 15) is 29.4 Å². The third kappa shape index (κ3) is 13.9.